The largest absolute Gasteiger partial charge is 0.310 e. The number of aryl methyl sites for hydroxylation is 1. The van der Waals surface area contributed by atoms with Crippen LogP contribution in [0.4, 0.5) is 14.6 Å². The van der Waals surface area contributed by atoms with E-state index >= 15 is 0 Å². The van der Waals surface area contributed by atoms with Gasteiger partial charge in [0.15, 0.2) is 11.6 Å². The summed E-state index contributed by atoms with van der Waals surface area (Å²) >= 11 is 0. The maximum atomic E-state index is 14.5. The van der Waals surface area contributed by atoms with Gasteiger partial charge in [0.05, 0.1) is 0 Å². The number of pyridine rings is 1. The van der Waals surface area contributed by atoms with Gasteiger partial charge in [0, 0.05) is 17.7 Å². The Morgan fingerprint density at radius 2 is 1.90 bits per heavy atom. The summed E-state index contributed by atoms with van der Waals surface area (Å²) in [7, 11) is 0. The molecule has 0 bridgehead atoms. The minimum Gasteiger partial charge on any atom is -0.310 e. The second kappa shape index (κ2) is 7.06. The second-order valence-corrected chi connectivity index (χ2v) is 7.69. The van der Waals surface area contributed by atoms with E-state index in [1.54, 1.807) is 10.6 Å². The number of carbonyl (C=O) groups is 1. The van der Waals surface area contributed by atoms with Gasteiger partial charge in [0.25, 0.3) is 0 Å². The van der Waals surface area contributed by atoms with Crippen molar-refractivity contribution >= 4 is 17.4 Å². The standard InChI is InChI=1S/C24H19F2N3O/c1-14-10-11-29-20(12-14)27-22(16-8-5-9-19(25)21(16)26)23(29)28-24(30)18-13-17(18)15-6-3-2-4-7-15/h2-12,17-18H,13H2,1H3,(H,28,30)/t17-,18-/m0/s1. The molecule has 150 valence electrons. The molecule has 1 fully saturated rings. The topological polar surface area (TPSA) is 46.4 Å². The summed E-state index contributed by atoms with van der Waals surface area (Å²) in [6.45, 7) is 1.92. The van der Waals surface area contributed by atoms with Gasteiger partial charge in [0.1, 0.15) is 17.2 Å². The van der Waals surface area contributed by atoms with Gasteiger partial charge in [-0.05, 0) is 54.7 Å². The molecule has 2 heterocycles. The van der Waals surface area contributed by atoms with Crippen LogP contribution in [0.15, 0.2) is 66.9 Å². The fourth-order valence-corrected chi connectivity index (χ4v) is 3.90. The van der Waals surface area contributed by atoms with Crippen molar-refractivity contribution < 1.29 is 13.6 Å². The van der Waals surface area contributed by atoms with Gasteiger partial charge in [0.2, 0.25) is 5.91 Å². The van der Waals surface area contributed by atoms with E-state index in [1.807, 2.05) is 49.4 Å². The normalized spacial score (nSPS) is 17.8. The molecule has 2 aromatic carbocycles. The van der Waals surface area contributed by atoms with E-state index in [-0.39, 0.29) is 29.0 Å². The van der Waals surface area contributed by atoms with Crippen molar-refractivity contribution in [3.8, 4) is 11.3 Å². The molecular formula is C24H19F2N3O. The first-order valence-corrected chi connectivity index (χ1v) is 9.82. The van der Waals surface area contributed by atoms with Gasteiger partial charge in [-0.2, -0.15) is 0 Å². The zero-order chi connectivity index (χ0) is 20.8. The van der Waals surface area contributed by atoms with Crippen LogP contribution in [0.3, 0.4) is 0 Å². The quantitative estimate of drug-likeness (QED) is 0.501. The Morgan fingerprint density at radius 3 is 2.70 bits per heavy atom. The summed E-state index contributed by atoms with van der Waals surface area (Å²) in [5.41, 5.74) is 2.88. The molecule has 2 aromatic heterocycles. The number of benzene rings is 2. The summed E-state index contributed by atoms with van der Waals surface area (Å²) < 4.78 is 30.1. The number of aromatic nitrogens is 2. The maximum absolute atomic E-state index is 14.5. The summed E-state index contributed by atoms with van der Waals surface area (Å²) in [5.74, 6) is -1.73. The lowest BCUT2D eigenvalue weighted by molar-refractivity contribution is -0.117. The SMILES string of the molecule is Cc1ccn2c(NC(=O)[C@H]3C[C@H]3c3ccccc3)c(-c3cccc(F)c3F)nc2c1. The fourth-order valence-electron chi connectivity index (χ4n) is 3.90. The minimum absolute atomic E-state index is 0.0158. The van der Waals surface area contributed by atoms with Crippen molar-refractivity contribution in [2.24, 2.45) is 5.92 Å². The van der Waals surface area contributed by atoms with Crippen molar-refractivity contribution in [1.82, 2.24) is 9.38 Å². The average Bonchev–Trinajstić information content (AvgIpc) is 3.48. The highest BCUT2D eigenvalue weighted by atomic mass is 19.2. The highest BCUT2D eigenvalue weighted by Crippen LogP contribution is 2.48. The number of hydrogen-bond donors (Lipinski definition) is 1. The highest BCUT2D eigenvalue weighted by molar-refractivity contribution is 5.98. The Morgan fingerprint density at radius 1 is 1.10 bits per heavy atom. The van der Waals surface area contributed by atoms with E-state index in [0.29, 0.717) is 11.5 Å². The zero-order valence-corrected chi connectivity index (χ0v) is 16.3. The first kappa shape index (κ1) is 18.5. The molecule has 2 atom stereocenters. The van der Waals surface area contributed by atoms with Gasteiger partial charge < -0.3 is 5.32 Å². The molecule has 1 saturated carbocycles. The number of carbonyl (C=O) groups excluding carboxylic acids is 1. The van der Waals surface area contributed by atoms with Gasteiger partial charge in [-0.15, -0.1) is 0 Å². The Labute approximate surface area is 172 Å². The Hall–Kier alpha value is -3.54. The second-order valence-electron chi connectivity index (χ2n) is 7.69. The Balaban J connectivity index is 1.53. The fraction of sp³-hybridized carbons (Fsp3) is 0.167. The molecule has 1 amide bonds. The lowest BCUT2D eigenvalue weighted by atomic mass is 10.1. The lowest BCUT2D eigenvalue weighted by Gasteiger charge is -2.09. The number of amides is 1. The molecule has 6 heteroatoms. The van der Waals surface area contributed by atoms with Crippen LogP contribution in [-0.4, -0.2) is 15.3 Å². The highest BCUT2D eigenvalue weighted by Gasteiger charge is 2.44. The predicted octanol–water partition coefficient (Wildman–Crippen LogP) is 5.33. The molecule has 0 radical (unpaired) electrons. The number of anilines is 1. The molecule has 4 nitrogen and oxygen atoms in total. The molecule has 1 aliphatic carbocycles. The van der Waals surface area contributed by atoms with Gasteiger partial charge >= 0.3 is 0 Å². The Bertz CT molecular complexity index is 1270. The number of nitrogens with zero attached hydrogens (tertiary/aromatic N) is 2. The molecule has 0 unspecified atom stereocenters. The minimum atomic E-state index is -0.985. The van der Waals surface area contributed by atoms with Crippen LogP contribution in [0.25, 0.3) is 16.9 Å². The lowest BCUT2D eigenvalue weighted by Crippen LogP contribution is -2.16. The number of rotatable bonds is 4. The number of imidazole rings is 1. The van der Waals surface area contributed by atoms with E-state index in [4.69, 9.17) is 0 Å². The van der Waals surface area contributed by atoms with Crippen LogP contribution in [0, 0.1) is 24.5 Å². The zero-order valence-electron chi connectivity index (χ0n) is 16.3. The maximum Gasteiger partial charge on any atom is 0.229 e. The third-order valence-electron chi connectivity index (χ3n) is 5.58. The van der Waals surface area contributed by atoms with E-state index in [9.17, 15) is 13.6 Å². The van der Waals surface area contributed by atoms with Crippen molar-refractivity contribution in [3.63, 3.8) is 0 Å². The third-order valence-corrected chi connectivity index (χ3v) is 5.58. The van der Waals surface area contributed by atoms with E-state index < -0.39 is 11.6 Å². The number of hydrogen-bond acceptors (Lipinski definition) is 2. The summed E-state index contributed by atoms with van der Waals surface area (Å²) in [6.07, 6.45) is 2.53. The van der Waals surface area contributed by atoms with Crippen LogP contribution in [0.2, 0.25) is 0 Å². The molecule has 5 rings (SSSR count). The van der Waals surface area contributed by atoms with E-state index in [0.717, 1.165) is 23.6 Å². The van der Waals surface area contributed by atoms with Crippen LogP contribution in [0.1, 0.15) is 23.5 Å². The van der Waals surface area contributed by atoms with Gasteiger partial charge in [-0.25, -0.2) is 13.8 Å². The van der Waals surface area contributed by atoms with Crippen molar-refractivity contribution in [1.29, 1.82) is 0 Å². The number of halogens is 2. The molecule has 4 aromatic rings. The molecule has 30 heavy (non-hydrogen) atoms. The average molecular weight is 403 g/mol. The Kier molecular flexibility index (Phi) is 4.35. The smallest absolute Gasteiger partial charge is 0.229 e. The summed E-state index contributed by atoms with van der Waals surface area (Å²) in [5, 5.41) is 2.93. The van der Waals surface area contributed by atoms with Gasteiger partial charge in [-0.3, -0.25) is 9.20 Å². The third kappa shape index (κ3) is 3.14. The van der Waals surface area contributed by atoms with E-state index in [2.05, 4.69) is 10.3 Å². The molecule has 0 spiro atoms. The van der Waals surface area contributed by atoms with Gasteiger partial charge in [-0.1, -0.05) is 36.4 Å². The van der Waals surface area contributed by atoms with E-state index in [1.165, 1.54) is 12.1 Å². The van der Waals surface area contributed by atoms with Crippen molar-refractivity contribution in [2.75, 3.05) is 5.32 Å². The van der Waals surface area contributed by atoms with Crippen molar-refractivity contribution in [2.45, 2.75) is 19.3 Å². The van der Waals surface area contributed by atoms with Crippen LogP contribution in [0.5, 0.6) is 0 Å². The molecule has 1 N–H and O–H groups in total. The first-order chi connectivity index (χ1) is 14.5. The summed E-state index contributed by atoms with van der Waals surface area (Å²) in [6, 6.07) is 17.6. The molecular weight excluding hydrogens is 384 g/mol. The molecule has 0 saturated heterocycles. The molecule has 0 aliphatic heterocycles. The molecule has 1 aliphatic rings. The van der Waals surface area contributed by atoms with Crippen LogP contribution >= 0.6 is 0 Å². The number of nitrogens with one attached hydrogen (secondary N) is 1. The predicted molar refractivity (Wildman–Crippen MR) is 111 cm³/mol. The monoisotopic (exact) mass is 403 g/mol. The van der Waals surface area contributed by atoms with Crippen LogP contribution < -0.4 is 5.32 Å². The summed E-state index contributed by atoms with van der Waals surface area (Å²) in [4.78, 5) is 17.5. The van der Waals surface area contributed by atoms with Crippen molar-refractivity contribution in [3.05, 3.63) is 89.6 Å². The van der Waals surface area contributed by atoms with Crippen LogP contribution in [-0.2, 0) is 4.79 Å². The first-order valence-electron chi connectivity index (χ1n) is 9.82. The number of fused-ring (bicyclic) bond motifs is 1.